The summed E-state index contributed by atoms with van der Waals surface area (Å²) in [6.07, 6.45) is 3.28. The predicted molar refractivity (Wildman–Crippen MR) is 84.8 cm³/mol. The van der Waals surface area contributed by atoms with Gasteiger partial charge in [-0.3, -0.25) is 4.79 Å². The van der Waals surface area contributed by atoms with Gasteiger partial charge in [-0.05, 0) is 43.0 Å². The van der Waals surface area contributed by atoms with Gasteiger partial charge in [0.05, 0.1) is 17.1 Å². The van der Waals surface area contributed by atoms with Crippen molar-refractivity contribution in [3.63, 3.8) is 0 Å². The number of anilines is 1. The summed E-state index contributed by atoms with van der Waals surface area (Å²) >= 11 is 0. The molecule has 2 N–H and O–H groups in total. The lowest BCUT2D eigenvalue weighted by Crippen LogP contribution is -2.16. The molecule has 0 spiro atoms. The van der Waals surface area contributed by atoms with E-state index >= 15 is 0 Å². The van der Waals surface area contributed by atoms with Crippen molar-refractivity contribution in [1.29, 1.82) is 0 Å². The van der Waals surface area contributed by atoms with Crippen molar-refractivity contribution in [1.82, 2.24) is 9.97 Å². The lowest BCUT2D eigenvalue weighted by Gasteiger charge is -2.20. The van der Waals surface area contributed by atoms with Crippen molar-refractivity contribution in [2.24, 2.45) is 0 Å². The number of fused-ring (bicyclic) bond motifs is 3. The molecular formula is C17H19N3O2. The molecule has 5 nitrogen and oxygen atoms in total. The van der Waals surface area contributed by atoms with Crippen LogP contribution in [-0.4, -0.2) is 21.0 Å². The van der Waals surface area contributed by atoms with Gasteiger partial charge in [-0.15, -0.1) is 0 Å². The average molecular weight is 297 g/mol. The van der Waals surface area contributed by atoms with Gasteiger partial charge < -0.3 is 10.4 Å². The highest BCUT2D eigenvalue weighted by Crippen LogP contribution is 2.34. The first kappa shape index (κ1) is 14.5. The van der Waals surface area contributed by atoms with Gasteiger partial charge in [0.1, 0.15) is 5.75 Å². The zero-order chi connectivity index (χ0) is 15.7. The number of nitrogens with one attached hydrogen (secondary N) is 1. The minimum absolute atomic E-state index is 0.132. The highest BCUT2D eigenvalue weighted by Gasteiger charge is 2.22. The van der Waals surface area contributed by atoms with E-state index < -0.39 is 0 Å². The molecule has 1 aliphatic carbocycles. The van der Waals surface area contributed by atoms with Gasteiger partial charge >= 0.3 is 0 Å². The number of phenolic OH excluding ortho intramolecular Hbond substituents is 1. The highest BCUT2D eigenvalue weighted by atomic mass is 16.3. The molecule has 22 heavy (non-hydrogen) atoms. The maximum absolute atomic E-state index is 11.4. The molecule has 0 fully saturated rings. The number of hydrogen-bond donors (Lipinski definition) is 2. The first-order valence-corrected chi connectivity index (χ1v) is 7.58. The van der Waals surface area contributed by atoms with Crippen molar-refractivity contribution in [2.75, 3.05) is 5.32 Å². The Bertz CT molecular complexity index is 741. The zero-order valence-corrected chi connectivity index (χ0v) is 12.8. The summed E-state index contributed by atoms with van der Waals surface area (Å²) in [5.41, 5.74) is 4.72. The number of aromatic hydroxyl groups is 1. The van der Waals surface area contributed by atoms with Gasteiger partial charge in [0.25, 0.3) is 0 Å². The fourth-order valence-corrected chi connectivity index (χ4v) is 2.84. The fourth-order valence-electron chi connectivity index (χ4n) is 2.84. The van der Waals surface area contributed by atoms with Gasteiger partial charge in [0.2, 0.25) is 5.91 Å². The van der Waals surface area contributed by atoms with Gasteiger partial charge in [0.15, 0.2) is 5.82 Å². The summed E-state index contributed by atoms with van der Waals surface area (Å²) in [6, 6.07) is 5.36. The van der Waals surface area contributed by atoms with Crippen LogP contribution in [0.1, 0.15) is 37.2 Å². The molecule has 0 saturated heterocycles. The van der Waals surface area contributed by atoms with Crippen LogP contribution in [0, 0.1) is 0 Å². The molecule has 0 atom stereocenters. The summed E-state index contributed by atoms with van der Waals surface area (Å²) in [4.78, 5) is 20.8. The number of rotatable bonds is 3. The van der Waals surface area contributed by atoms with Crippen LogP contribution in [0.2, 0.25) is 0 Å². The molecule has 0 aliphatic heterocycles. The molecule has 0 radical (unpaired) electrons. The van der Waals surface area contributed by atoms with Crippen molar-refractivity contribution in [3.05, 3.63) is 35.2 Å². The summed E-state index contributed by atoms with van der Waals surface area (Å²) in [5, 5.41) is 12.4. The molecule has 5 heteroatoms. The normalized spacial score (nSPS) is 12.5. The first-order chi connectivity index (χ1) is 10.6. The minimum Gasteiger partial charge on any atom is -0.508 e. The third-order valence-corrected chi connectivity index (χ3v) is 3.80. The van der Waals surface area contributed by atoms with E-state index in [1.54, 1.807) is 12.1 Å². The Kier molecular flexibility index (Phi) is 3.79. The Morgan fingerprint density at radius 2 is 2.14 bits per heavy atom. The molecular weight excluding hydrogens is 278 g/mol. The average Bonchev–Trinajstić information content (AvgIpc) is 2.47. The molecule has 114 valence electrons. The minimum atomic E-state index is -0.132. The SMILES string of the molecule is CCCc1nc2c(nc1NC(C)=O)CCc1cc(O)ccc1-2. The second kappa shape index (κ2) is 5.75. The van der Waals surface area contributed by atoms with Gasteiger partial charge in [0, 0.05) is 12.5 Å². The second-order valence-electron chi connectivity index (χ2n) is 5.59. The van der Waals surface area contributed by atoms with Crippen LogP contribution in [0.4, 0.5) is 5.82 Å². The number of benzene rings is 1. The number of phenols is 1. The van der Waals surface area contributed by atoms with Gasteiger partial charge in [-0.2, -0.15) is 0 Å². The lowest BCUT2D eigenvalue weighted by molar-refractivity contribution is -0.114. The maximum atomic E-state index is 11.4. The second-order valence-corrected chi connectivity index (χ2v) is 5.59. The number of carbonyl (C=O) groups excluding carboxylic acids is 1. The van der Waals surface area contributed by atoms with E-state index in [1.807, 2.05) is 6.07 Å². The number of aryl methyl sites for hydroxylation is 3. The Labute approximate surface area is 129 Å². The van der Waals surface area contributed by atoms with E-state index in [0.29, 0.717) is 5.82 Å². The molecule has 1 aromatic carbocycles. The topological polar surface area (TPSA) is 75.1 Å². The monoisotopic (exact) mass is 297 g/mol. The van der Waals surface area contributed by atoms with Crippen LogP contribution in [0.25, 0.3) is 11.3 Å². The molecule has 3 rings (SSSR count). The fraction of sp³-hybridized carbons (Fsp3) is 0.353. The number of nitrogens with zero attached hydrogens (tertiary/aromatic N) is 2. The predicted octanol–water partition coefficient (Wildman–Crippen LogP) is 2.86. The van der Waals surface area contributed by atoms with Crippen LogP contribution < -0.4 is 5.32 Å². The molecule has 0 bridgehead atoms. The highest BCUT2D eigenvalue weighted by molar-refractivity contribution is 5.88. The molecule has 0 unspecified atom stereocenters. The van der Waals surface area contributed by atoms with E-state index in [9.17, 15) is 9.90 Å². The van der Waals surface area contributed by atoms with E-state index in [1.165, 1.54) is 6.92 Å². The molecule has 0 saturated carbocycles. The van der Waals surface area contributed by atoms with Crippen LogP contribution in [0.3, 0.4) is 0 Å². The zero-order valence-electron chi connectivity index (χ0n) is 12.8. The molecule has 1 heterocycles. The van der Waals surface area contributed by atoms with Crippen LogP contribution in [-0.2, 0) is 24.1 Å². The molecule has 1 amide bonds. The van der Waals surface area contributed by atoms with E-state index in [-0.39, 0.29) is 11.7 Å². The molecule has 2 aromatic rings. The Morgan fingerprint density at radius 1 is 1.32 bits per heavy atom. The number of aromatic nitrogens is 2. The summed E-state index contributed by atoms with van der Waals surface area (Å²) in [6.45, 7) is 3.56. The standard InChI is InChI=1S/C17H19N3O2/c1-3-4-15-17(18-10(2)21)20-14-8-5-11-9-12(22)6-7-13(11)16(14)19-15/h6-7,9,22H,3-5,8H2,1-2H3,(H,18,20,21). The Balaban J connectivity index is 2.12. The van der Waals surface area contributed by atoms with E-state index in [0.717, 1.165) is 53.9 Å². The largest absolute Gasteiger partial charge is 0.508 e. The maximum Gasteiger partial charge on any atom is 0.222 e. The summed E-state index contributed by atoms with van der Waals surface area (Å²) in [5.74, 6) is 0.724. The van der Waals surface area contributed by atoms with E-state index in [2.05, 4.69) is 17.2 Å². The number of amides is 1. The number of carbonyl (C=O) groups is 1. The summed E-state index contributed by atoms with van der Waals surface area (Å²) < 4.78 is 0. The van der Waals surface area contributed by atoms with Crippen molar-refractivity contribution in [3.8, 4) is 17.0 Å². The van der Waals surface area contributed by atoms with Crippen LogP contribution in [0.15, 0.2) is 18.2 Å². The van der Waals surface area contributed by atoms with Crippen LogP contribution in [0.5, 0.6) is 5.75 Å². The van der Waals surface area contributed by atoms with Crippen molar-refractivity contribution in [2.45, 2.75) is 39.5 Å². The Hall–Kier alpha value is -2.43. The number of hydrogen-bond acceptors (Lipinski definition) is 4. The van der Waals surface area contributed by atoms with Gasteiger partial charge in [-0.1, -0.05) is 13.3 Å². The Morgan fingerprint density at radius 3 is 2.86 bits per heavy atom. The smallest absolute Gasteiger partial charge is 0.222 e. The molecule has 1 aromatic heterocycles. The van der Waals surface area contributed by atoms with Crippen LogP contribution >= 0.6 is 0 Å². The first-order valence-electron chi connectivity index (χ1n) is 7.58. The quantitative estimate of drug-likeness (QED) is 0.913. The van der Waals surface area contributed by atoms with Gasteiger partial charge in [-0.25, -0.2) is 9.97 Å². The molecule has 1 aliphatic rings. The third-order valence-electron chi connectivity index (χ3n) is 3.80. The summed E-state index contributed by atoms with van der Waals surface area (Å²) in [7, 11) is 0. The lowest BCUT2D eigenvalue weighted by atomic mass is 9.91. The van der Waals surface area contributed by atoms with Crippen molar-refractivity contribution < 1.29 is 9.90 Å². The third kappa shape index (κ3) is 2.66. The van der Waals surface area contributed by atoms with Crippen molar-refractivity contribution >= 4 is 11.7 Å². The van der Waals surface area contributed by atoms with E-state index in [4.69, 9.17) is 4.98 Å².